The van der Waals surface area contributed by atoms with Crippen LogP contribution in [-0.4, -0.2) is 37.1 Å². The molecule has 2 fully saturated rings. The fourth-order valence-corrected chi connectivity index (χ4v) is 3.00. The minimum atomic E-state index is -0.342. The Labute approximate surface area is 91.8 Å². The van der Waals surface area contributed by atoms with Crippen molar-refractivity contribution in [1.82, 2.24) is 0 Å². The van der Waals surface area contributed by atoms with Crippen molar-refractivity contribution in [3.63, 3.8) is 0 Å². The van der Waals surface area contributed by atoms with Gasteiger partial charge in [-0.2, -0.15) is 0 Å². The van der Waals surface area contributed by atoms with Gasteiger partial charge in [-0.05, 0) is 19.3 Å². The molecule has 0 amide bonds. The van der Waals surface area contributed by atoms with Gasteiger partial charge in [0.15, 0.2) is 0 Å². The number of rotatable bonds is 3. The molecular weight excluding hydrogens is 192 g/mol. The summed E-state index contributed by atoms with van der Waals surface area (Å²) in [7, 11) is 1.74. The van der Waals surface area contributed by atoms with Gasteiger partial charge >= 0.3 is 0 Å². The number of aliphatic hydroxyl groups excluding tert-OH is 1. The highest BCUT2D eigenvalue weighted by Gasteiger charge is 2.43. The van der Waals surface area contributed by atoms with Gasteiger partial charge in [0.25, 0.3) is 0 Å². The van der Waals surface area contributed by atoms with E-state index in [-0.39, 0.29) is 17.6 Å². The highest BCUT2D eigenvalue weighted by molar-refractivity contribution is 4.95. The number of hydrogen-bond donors (Lipinski definition) is 1. The zero-order valence-electron chi connectivity index (χ0n) is 9.58. The first-order valence-electron chi connectivity index (χ1n) is 6.09. The van der Waals surface area contributed by atoms with E-state index in [4.69, 9.17) is 9.47 Å². The lowest BCUT2D eigenvalue weighted by atomic mass is 9.76. The minimum absolute atomic E-state index is 0.281. The maximum atomic E-state index is 10.4. The van der Waals surface area contributed by atoms with Crippen molar-refractivity contribution in [3.8, 4) is 0 Å². The molecule has 88 valence electrons. The fourth-order valence-electron chi connectivity index (χ4n) is 3.00. The van der Waals surface area contributed by atoms with Crippen LogP contribution in [0.4, 0.5) is 0 Å². The molecule has 15 heavy (non-hydrogen) atoms. The first kappa shape index (κ1) is 11.4. The van der Waals surface area contributed by atoms with Crippen molar-refractivity contribution in [3.05, 3.63) is 0 Å². The van der Waals surface area contributed by atoms with Crippen molar-refractivity contribution < 1.29 is 14.6 Å². The summed E-state index contributed by atoms with van der Waals surface area (Å²) in [4.78, 5) is 0. The zero-order chi connectivity index (χ0) is 10.7. The van der Waals surface area contributed by atoms with Gasteiger partial charge in [-0.25, -0.2) is 0 Å². The second kappa shape index (κ2) is 4.81. The third-order valence-electron chi connectivity index (χ3n) is 4.06. The molecule has 0 spiro atoms. The first-order chi connectivity index (χ1) is 7.28. The molecule has 0 radical (unpaired) electrons. The van der Waals surface area contributed by atoms with Crippen molar-refractivity contribution >= 4 is 0 Å². The van der Waals surface area contributed by atoms with Crippen LogP contribution in [0.25, 0.3) is 0 Å². The number of methoxy groups -OCH3 is 1. The average molecular weight is 214 g/mol. The van der Waals surface area contributed by atoms with Gasteiger partial charge < -0.3 is 14.6 Å². The smallest absolute Gasteiger partial charge is 0.0940 e. The predicted octanol–water partition coefficient (Wildman–Crippen LogP) is 1.73. The molecular formula is C12H22O3. The van der Waals surface area contributed by atoms with E-state index in [1.165, 1.54) is 19.3 Å². The van der Waals surface area contributed by atoms with Gasteiger partial charge in [0.2, 0.25) is 0 Å². The third-order valence-corrected chi connectivity index (χ3v) is 4.06. The van der Waals surface area contributed by atoms with Crippen LogP contribution in [0.3, 0.4) is 0 Å². The van der Waals surface area contributed by atoms with E-state index < -0.39 is 0 Å². The lowest BCUT2D eigenvalue weighted by molar-refractivity contribution is -0.142. The summed E-state index contributed by atoms with van der Waals surface area (Å²) >= 11 is 0. The van der Waals surface area contributed by atoms with Crippen LogP contribution < -0.4 is 0 Å². The fraction of sp³-hybridized carbons (Fsp3) is 1.00. The predicted molar refractivity (Wildman–Crippen MR) is 57.8 cm³/mol. The molecule has 1 saturated carbocycles. The van der Waals surface area contributed by atoms with Crippen molar-refractivity contribution in [2.24, 2.45) is 5.92 Å². The topological polar surface area (TPSA) is 38.7 Å². The summed E-state index contributed by atoms with van der Waals surface area (Å²) in [5.41, 5.74) is -0.281. The molecule has 1 saturated heterocycles. The Bertz CT molecular complexity index is 193. The van der Waals surface area contributed by atoms with Crippen molar-refractivity contribution in [1.29, 1.82) is 0 Å². The third kappa shape index (κ3) is 2.19. The Hall–Kier alpha value is -0.120. The van der Waals surface area contributed by atoms with Crippen LogP contribution >= 0.6 is 0 Å². The highest BCUT2D eigenvalue weighted by atomic mass is 16.5. The van der Waals surface area contributed by atoms with E-state index in [1.54, 1.807) is 7.11 Å². The minimum Gasteiger partial charge on any atom is -0.390 e. The summed E-state index contributed by atoms with van der Waals surface area (Å²) in [5.74, 6) is 0.281. The summed E-state index contributed by atoms with van der Waals surface area (Å²) in [6, 6.07) is 0. The second-order valence-electron chi connectivity index (χ2n) is 4.90. The lowest BCUT2D eigenvalue weighted by Gasteiger charge is -2.42. The molecule has 0 bridgehead atoms. The van der Waals surface area contributed by atoms with Gasteiger partial charge in [-0.1, -0.05) is 19.3 Å². The van der Waals surface area contributed by atoms with E-state index in [9.17, 15) is 5.11 Å². The van der Waals surface area contributed by atoms with Crippen LogP contribution in [0.5, 0.6) is 0 Å². The van der Waals surface area contributed by atoms with Gasteiger partial charge in [0.05, 0.1) is 18.3 Å². The summed E-state index contributed by atoms with van der Waals surface area (Å²) < 4.78 is 11.0. The van der Waals surface area contributed by atoms with Crippen molar-refractivity contribution in [2.75, 3.05) is 20.3 Å². The quantitative estimate of drug-likeness (QED) is 0.777. The maximum Gasteiger partial charge on any atom is 0.0940 e. The standard InChI is InChI=1S/C12H22O3/c1-14-12(6-3-2-4-7-12)11(13)10-5-8-15-9-10/h10-11,13H,2-9H2,1H3. The van der Waals surface area contributed by atoms with E-state index in [0.717, 1.165) is 25.9 Å². The van der Waals surface area contributed by atoms with Gasteiger partial charge in [-0.15, -0.1) is 0 Å². The summed E-state index contributed by atoms with van der Waals surface area (Å²) in [5, 5.41) is 10.4. The van der Waals surface area contributed by atoms with Gasteiger partial charge in [0, 0.05) is 19.6 Å². The Morgan fingerprint density at radius 1 is 1.33 bits per heavy atom. The van der Waals surface area contributed by atoms with E-state index in [1.807, 2.05) is 0 Å². The molecule has 1 heterocycles. The SMILES string of the molecule is COC1(C(O)C2CCOC2)CCCCC1. The van der Waals surface area contributed by atoms with Crippen LogP contribution in [0.1, 0.15) is 38.5 Å². The largest absolute Gasteiger partial charge is 0.390 e. The number of aliphatic hydroxyl groups is 1. The van der Waals surface area contributed by atoms with Crippen LogP contribution in [0, 0.1) is 5.92 Å². The monoisotopic (exact) mass is 214 g/mol. The molecule has 2 atom stereocenters. The van der Waals surface area contributed by atoms with Gasteiger partial charge in [-0.3, -0.25) is 0 Å². The molecule has 0 aromatic rings. The Morgan fingerprint density at radius 3 is 2.60 bits per heavy atom. The van der Waals surface area contributed by atoms with Crippen LogP contribution in [0.2, 0.25) is 0 Å². The molecule has 3 heteroatoms. The second-order valence-corrected chi connectivity index (χ2v) is 4.90. The number of hydrogen-bond acceptors (Lipinski definition) is 3. The molecule has 1 aliphatic carbocycles. The first-order valence-corrected chi connectivity index (χ1v) is 6.09. The van der Waals surface area contributed by atoms with E-state index >= 15 is 0 Å². The Kier molecular flexibility index (Phi) is 3.65. The van der Waals surface area contributed by atoms with Crippen molar-refractivity contribution in [2.45, 2.75) is 50.2 Å². The highest BCUT2D eigenvalue weighted by Crippen LogP contribution is 2.38. The Balaban J connectivity index is 2.02. The van der Waals surface area contributed by atoms with Crippen LogP contribution in [-0.2, 0) is 9.47 Å². The molecule has 3 nitrogen and oxygen atoms in total. The Morgan fingerprint density at radius 2 is 2.07 bits per heavy atom. The molecule has 0 aromatic carbocycles. The zero-order valence-corrected chi connectivity index (χ0v) is 9.58. The summed E-state index contributed by atoms with van der Waals surface area (Å²) in [6.45, 7) is 1.49. The molecule has 2 aliphatic rings. The normalized spacial score (nSPS) is 32.8. The molecule has 2 unspecified atom stereocenters. The van der Waals surface area contributed by atoms with Crippen LogP contribution in [0.15, 0.2) is 0 Å². The molecule has 1 aliphatic heterocycles. The molecule has 0 aromatic heterocycles. The summed E-state index contributed by atoms with van der Waals surface area (Å²) in [6.07, 6.45) is 6.27. The van der Waals surface area contributed by atoms with Gasteiger partial charge in [0.1, 0.15) is 0 Å². The van der Waals surface area contributed by atoms with E-state index in [2.05, 4.69) is 0 Å². The van der Waals surface area contributed by atoms with E-state index in [0.29, 0.717) is 6.61 Å². The molecule has 2 rings (SSSR count). The number of ether oxygens (including phenoxy) is 2. The lowest BCUT2D eigenvalue weighted by Crippen LogP contribution is -2.49. The average Bonchev–Trinajstić information content (AvgIpc) is 2.82. The molecule has 1 N–H and O–H groups in total. The maximum absolute atomic E-state index is 10.4.